The normalized spacial score (nSPS) is 23.8. The van der Waals surface area contributed by atoms with Gasteiger partial charge in [0.25, 0.3) is 0 Å². The van der Waals surface area contributed by atoms with Gasteiger partial charge in [-0.3, -0.25) is 9.59 Å². The van der Waals surface area contributed by atoms with Crippen LogP contribution in [0.5, 0.6) is 0 Å². The molecule has 0 aromatic heterocycles. The summed E-state index contributed by atoms with van der Waals surface area (Å²) in [5.41, 5.74) is 2.15. The summed E-state index contributed by atoms with van der Waals surface area (Å²) in [4.78, 5) is 23.6. The first-order valence-corrected chi connectivity index (χ1v) is 5.82. The summed E-state index contributed by atoms with van der Waals surface area (Å²) in [5.74, 6) is -1.10. The molecule has 2 atom stereocenters. The van der Waals surface area contributed by atoms with Gasteiger partial charge in [-0.2, -0.15) is 0 Å². The number of esters is 1. The average molecular weight is 232 g/mol. The Morgan fingerprint density at radius 2 is 2.00 bits per heavy atom. The van der Waals surface area contributed by atoms with Gasteiger partial charge >= 0.3 is 5.97 Å². The Kier molecular flexibility index (Phi) is 3.27. The quantitative estimate of drug-likeness (QED) is 0.580. The summed E-state index contributed by atoms with van der Waals surface area (Å²) < 4.78 is 4.66. The fourth-order valence-corrected chi connectivity index (χ4v) is 2.52. The second kappa shape index (κ2) is 4.70. The summed E-state index contributed by atoms with van der Waals surface area (Å²) in [6.45, 7) is 1.99. The van der Waals surface area contributed by atoms with Gasteiger partial charge in [-0.05, 0) is 30.9 Å². The highest BCUT2D eigenvalue weighted by Gasteiger charge is 2.40. The maximum Gasteiger partial charge on any atom is 0.316 e. The predicted molar refractivity (Wildman–Crippen MR) is 63.7 cm³/mol. The second-order valence-corrected chi connectivity index (χ2v) is 4.46. The molecule has 1 saturated carbocycles. The van der Waals surface area contributed by atoms with Crippen molar-refractivity contribution in [3.63, 3.8) is 0 Å². The summed E-state index contributed by atoms with van der Waals surface area (Å²) in [6.07, 6.45) is 1.34. The zero-order valence-electron chi connectivity index (χ0n) is 10.1. The Morgan fingerprint density at radius 3 is 2.65 bits per heavy atom. The van der Waals surface area contributed by atoms with Crippen LogP contribution in [-0.2, 0) is 14.3 Å². The Bertz CT molecular complexity index is 451. The van der Waals surface area contributed by atoms with Crippen molar-refractivity contribution in [3.05, 3.63) is 35.4 Å². The molecule has 0 spiro atoms. The molecule has 17 heavy (non-hydrogen) atoms. The molecule has 0 bridgehead atoms. The first-order valence-electron chi connectivity index (χ1n) is 5.82. The van der Waals surface area contributed by atoms with Crippen LogP contribution in [0.15, 0.2) is 24.3 Å². The van der Waals surface area contributed by atoms with Crippen molar-refractivity contribution in [2.45, 2.75) is 25.7 Å². The van der Waals surface area contributed by atoms with Gasteiger partial charge in [-0.1, -0.05) is 24.3 Å². The molecule has 1 aromatic rings. The highest BCUT2D eigenvalue weighted by Crippen LogP contribution is 2.36. The molecule has 3 heteroatoms. The van der Waals surface area contributed by atoms with E-state index in [9.17, 15) is 9.59 Å². The van der Waals surface area contributed by atoms with Crippen LogP contribution in [0.2, 0.25) is 0 Å². The topological polar surface area (TPSA) is 43.4 Å². The predicted octanol–water partition coefficient (Wildman–Crippen LogP) is 2.23. The first kappa shape index (κ1) is 11.8. The molecule has 0 amide bonds. The average Bonchev–Trinajstić information content (AvgIpc) is 2.71. The lowest BCUT2D eigenvalue weighted by Gasteiger charge is -2.12. The first-order chi connectivity index (χ1) is 8.15. The lowest BCUT2D eigenvalue weighted by atomic mass is 9.91. The number of rotatable bonds is 2. The lowest BCUT2D eigenvalue weighted by Crippen LogP contribution is -2.22. The van der Waals surface area contributed by atoms with Gasteiger partial charge in [0, 0.05) is 5.92 Å². The van der Waals surface area contributed by atoms with Crippen LogP contribution >= 0.6 is 0 Å². The third-order valence-electron chi connectivity index (χ3n) is 3.48. The van der Waals surface area contributed by atoms with Crippen LogP contribution in [0, 0.1) is 12.8 Å². The maximum absolute atomic E-state index is 12.2. The SMILES string of the molecule is COC(=O)C1CCC(c2ccccc2C)C1=O. The van der Waals surface area contributed by atoms with Crippen LogP contribution in [-0.4, -0.2) is 18.9 Å². The smallest absolute Gasteiger partial charge is 0.316 e. The standard InChI is InChI=1S/C14H16O3/c1-9-5-3-4-6-10(9)11-7-8-12(13(11)15)14(16)17-2/h3-6,11-12H,7-8H2,1-2H3. The van der Waals surface area contributed by atoms with Crippen LogP contribution in [0.4, 0.5) is 0 Å². The molecular weight excluding hydrogens is 216 g/mol. The number of carbonyl (C=O) groups is 2. The second-order valence-electron chi connectivity index (χ2n) is 4.46. The van der Waals surface area contributed by atoms with Crippen LogP contribution in [0.1, 0.15) is 29.9 Å². The van der Waals surface area contributed by atoms with Gasteiger partial charge in [0.2, 0.25) is 0 Å². The van der Waals surface area contributed by atoms with Crippen LogP contribution in [0.25, 0.3) is 0 Å². The highest BCUT2D eigenvalue weighted by molar-refractivity contribution is 6.04. The van der Waals surface area contributed by atoms with E-state index in [1.165, 1.54) is 7.11 Å². The van der Waals surface area contributed by atoms with E-state index >= 15 is 0 Å². The van der Waals surface area contributed by atoms with Crippen molar-refractivity contribution >= 4 is 11.8 Å². The summed E-state index contributed by atoms with van der Waals surface area (Å²) in [5, 5.41) is 0. The summed E-state index contributed by atoms with van der Waals surface area (Å²) >= 11 is 0. The van der Waals surface area contributed by atoms with E-state index in [-0.39, 0.29) is 11.7 Å². The molecule has 2 rings (SSSR count). The number of hydrogen-bond donors (Lipinski definition) is 0. The Hall–Kier alpha value is -1.64. The molecule has 1 aromatic carbocycles. The maximum atomic E-state index is 12.2. The number of carbonyl (C=O) groups excluding carboxylic acids is 2. The van der Waals surface area contributed by atoms with Gasteiger partial charge < -0.3 is 4.74 Å². The zero-order valence-corrected chi connectivity index (χ0v) is 10.1. The molecule has 2 unspecified atom stereocenters. The minimum Gasteiger partial charge on any atom is -0.468 e. The fraction of sp³-hybridized carbons (Fsp3) is 0.429. The van der Waals surface area contributed by atoms with Gasteiger partial charge in [-0.15, -0.1) is 0 Å². The third kappa shape index (κ3) is 2.09. The highest BCUT2D eigenvalue weighted by atomic mass is 16.5. The number of Topliss-reactive ketones (excluding diaryl/α,β-unsaturated/α-hetero) is 1. The van der Waals surface area contributed by atoms with Crippen molar-refractivity contribution in [2.24, 2.45) is 5.92 Å². The van der Waals surface area contributed by atoms with Gasteiger partial charge in [0.15, 0.2) is 5.78 Å². The van der Waals surface area contributed by atoms with E-state index in [1.807, 2.05) is 31.2 Å². The number of hydrogen-bond acceptors (Lipinski definition) is 3. The fourth-order valence-electron chi connectivity index (χ4n) is 2.52. The summed E-state index contributed by atoms with van der Waals surface area (Å²) in [7, 11) is 1.33. The molecule has 0 heterocycles. The monoisotopic (exact) mass is 232 g/mol. The minimum atomic E-state index is -0.565. The molecule has 1 aliphatic rings. The zero-order chi connectivity index (χ0) is 12.4. The largest absolute Gasteiger partial charge is 0.468 e. The van der Waals surface area contributed by atoms with Crippen LogP contribution < -0.4 is 0 Å². The lowest BCUT2D eigenvalue weighted by molar-refractivity contribution is -0.148. The molecule has 0 aliphatic heterocycles. The summed E-state index contributed by atoms with van der Waals surface area (Å²) in [6, 6.07) is 7.85. The van der Waals surface area contributed by atoms with E-state index in [2.05, 4.69) is 4.74 Å². The van der Waals surface area contributed by atoms with E-state index in [1.54, 1.807) is 0 Å². The molecule has 90 valence electrons. The molecule has 0 radical (unpaired) electrons. The van der Waals surface area contributed by atoms with Crippen LogP contribution in [0.3, 0.4) is 0 Å². The molecule has 1 aliphatic carbocycles. The molecule has 1 fully saturated rings. The Balaban J connectivity index is 2.24. The van der Waals surface area contributed by atoms with Crippen molar-refractivity contribution in [1.82, 2.24) is 0 Å². The van der Waals surface area contributed by atoms with Gasteiger partial charge in [0.05, 0.1) is 7.11 Å². The Labute approximate surface area is 101 Å². The van der Waals surface area contributed by atoms with E-state index in [4.69, 9.17) is 0 Å². The van der Waals surface area contributed by atoms with Crippen molar-refractivity contribution in [1.29, 1.82) is 0 Å². The van der Waals surface area contributed by atoms with Crippen molar-refractivity contribution < 1.29 is 14.3 Å². The Morgan fingerprint density at radius 1 is 1.29 bits per heavy atom. The number of benzene rings is 1. The number of ether oxygens (including phenoxy) is 1. The molecular formula is C14H16O3. The van der Waals surface area contributed by atoms with Crippen molar-refractivity contribution in [2.75, 3.05) is 7.11 Å². The van der Waals surface area contributed by atoms with E-state index in [0.29, 0.717) is 6.42 Å². The van der Waals surface area contributed by atoms with E-state index in [0.717, 1.165) is 17.5 Å². The molecule has 0 N–H and O–H groups in total. The van der Waals surface area contributed by atoms with Gasteiger partial charge in [0.1, 0.15) is 5.92 Å². The van der Waals surface area contributed by atoms with Crippen molar-refractivity contribution in [3.8, 4) is 0 Å². The number of methoxy groups -OCH3 is 1. The number of aryl methyl sites for hydroxylation is 1. The molecule has 3 nitrogen and oxygen atoms in total. The van der Waals surface area contributed by atoms with Gasteiger partial charge in [-0.25, -0.2) is 0 Å². The minimum absolute atomic E-state index is 0.00569. The van der Waals surface area contributed by atoms with E-state index < -0.39 is 11.9 Å². The third-order valence-corrected chi connectivity index (χ3v) is 3.48. The number of ketones is 1. The molecule has 0 saturated heterocycles.